The Morgan fingerprint density at radius 2 is 2.00 bits per heavy atom. The van der Waals surface area contributed by atoms with Crippen molar-refractivity contribution < 1.29 is 28.2 Å². The molecule has 144 valence electrons. The summed E-state index contributed by atoms with van der Waals surface area (Å²) >= 11 is 0. The van der Waals surface area contributed by atoms with Crippen LogP contribution in [0, 0.1) is 12.8 Å². The minimum absolute atomic E-state index is 0.0100. The number of carbonyl (C=O) groups is 2. The Kier molecular flexibility index (Phi) is 5.33. The number of benzene rings is 1. The van der Waals surface area contributed by atoms with Crippen LogP contribution in [0.15, 0.2) is 24.3 Å². The minimum Gasteiger partial charge on any atom is -0.481 e. The van der Waals surface area contributed by atoms with Gasteiger partial charge in [0.1, 0.15) is 5.75 Å². The van der Waals surface area contributed by atoms with Crippen molar-refractivity contribution in [2.75, 3.05) is 13.1 Å². The van der Waals surface area contributed by atoms with E-state index in [1.807, 2.05) is 0 Å². The van der Waals surface area contributed by atoms with Crippen LogP contribution in [0.25, 0.3) is 5.69 Å². The van der Waals surface area contributed by atoms with Crippen molar-refractivity contribution in [2.45, 2.75) is 26.4 Å². The molecule has 0 spiro atoms. The molecule has 1 unspecified atom stereocenters. The fourth-order valence-corrected chi connectivity index (χ4v) is 3.05. The maximum absolute atomic E-state index is 12.7. The maximum Gasteiger partial charge on any atom is 0.387 e. The number of carboxylic acids is 1. The second kappa shape index (κ2) is 7.68. The highest BCUT2D eigenvalue weighted by atomic mass is 19.3. The van der Waals surface area contributed by atoms with Crippen molar-refractivity contribution in [3.63, 3.8) is 0 Å². The molecule has 1 aliphatic heterocycles. The molecule has 1 aliphatic rings. The average molecular weight is 380 g/mol. The molecular formula is C17H18F2N4O4. The van der Waals surface area contributed by atoms with Gasteiger partial charge in [-0.25, -0.2) is 4.68 Å². The number of carboxylic acid groups (broad SMARTS) is 1. The Labute approximate surface area is 153 Å². The van der Waals surface area contributed by atoms with Gasteiger partial charge >= 0.3 is 12.6 Å². The molecule has 27 heavy (non-hydrogen) atoms. The first kappa shape index (κ1) is 18.7. The number of nitrogens with zero attached hydrogens (tertiary/aromatic N) is 4. The summed E-state index contributed by atoms with van der Waals surface area (Å²) in [5.74, 6) is -1.86. The zero-order valence-corrected chi connectivity index (χ0v) is 14.5. The fourth-order valence-electron chi connectivity index (χ4n) is 3.05. The molecule has 2 aromatic rings. The summed E-state index contributed by atoms with van der Waals surface area (Å²) < 4.78 is 30.2. The quantitative estimate of drug-likeness (QED) is 0.853. The number of halogens is 2. The highest BCUT2D eigenvalue weighted by Crippen LogP contribution is 2.21. The third kappa shape index (κ3) is 4.04. The Morgan fingerprint density at radius 3 is 2.63 bits per heavy atom. The molecule has 1 fully saturated rings. The summed E-state index contributed by atoms with van der Waals surface area (Å²) in [6.45, 7) is -0.642. The molecule has 1 saturated heterocycles. The van der Waals surface area contributed by atoms with Crippen molar-refractivity contribution in [1.82, 2.24) is 19.9 Å². The monoisotopic (exact) mass is 380 g/mol. The number of rotatable bonds is 5. The highest BCUT2D eigenvalue weighted by molar-refractivity contribution is 5.93. The fraction of sp³-hybridized carbons (Fsp3) is 0.412. The SMILES string of the molecule is Cc1c(C(=O)N2CCCC(C(=O)O)C2)nnn1-c1ccc(OC(F)F)cc1. The molecule has 10 heteroatoms. The van der Waals surface area contributed by atoms with Crippen molar-refractivity contribution in [3.05, 3.63) is 35.7 Å². The molecule has 8 nitrogen and oxygen atoms in total. The summed E-state index contributed by atoms with van der Waals surface area (Å²) in [5.41, 5.74) is 1.14. The van der Waals surface area contributed by atoms with Gasteiger partial charge in [0.25, 0.3) is 5.91 Å². The van der Waals surface area contributed by atoms with E-state index in [4.69, 9.17) is 5.11 Å². The first-order chi connectivity index (χ1) is 12.9. The van der Waals surface area contributed by atoms with Gasteiger partial charge in [-0.2, -0.15) is 8.78 Å². The van der Waals surface area contributed by atoms with Crippen LogP contribution >= 0.6 is 0 Å². The van der Waals surface area contributed by atoms with Gasteiger partial charge in [-0.15, -0.1) is 5.10 Å². The normalized spacial score (nSPS) is 17.2. The first-order valence-corrected chi connectivity index (χ1v) is 8.36. The van der Waals surface area contributed by atoms with Crippen LogP contribution in [0.3, 0.4) is 0 Å². The number of amides is 1. The van der Waals surface area contributed by atoms with Crippen LogP contribution in [0.5, 0.6) is 5.75 Å². The number of hydrogen-bond acceptors (Lipinski definition) is 5. The van der Waals surface area contributed by atoms with Crippen LogP contribution in [-0.2, 0) is 4.79 Å². The van der Waals surface area contributed by atoms with E-state index < -0.39 is 18.5 Å². The Hall–Kier alpha value is -3.04. The molecule has 0 radical (unpaired) electrons. The van der Waals surface area contributed by atoms with Crippen LogP contribution in [0.2, 0.25) is 0 Å². The van der Waals surface area contributed by atoms with E-state index in [0.717, 1.165) is 0 Å². The largest absolute Gasteiger partial charge is 0.481 e. The van der Waals surface area contributed by atoms with E-state index in [9.17, 15) is 18.4 Å². The smallest absolute Gasteiger partial charge is 0.387 e. The molecule has 2 heterocycles. The zero-order valence-electron chi connectivity index (χ0n) is 14.5. The third-order valence-electron chi connectivity index (χ3n) is 4.46. The lowest BCUT2D eigenvalue weighted by Gasteiger charge is -2.30. The molecule has 1 aromatic heterocycles. The lowest BCUT2D eigenvalue weighted by molar-refractivity contribution is -0.143. The van der Waals surface area contributed by atoms with E-state index in [1.165, 1.54) is 33.8 Å². The molecule has 0 bridgehead atoms. The molecule has 3 rings (SSSR count). The van der Waals surface area contributed by atoms with E-state index in [0.29, 0.717) is 30.8 Å². The lowest BCUT2D eigenvalue weighted by Crippen LogP contribution is -2.42. The minimum atomic E-state index is -2.91. The Morgan fingerprint density at radius 1 is 1.30 bits per heavy atom. The average Bonchev–Trinajstić information content (AvgIpc) is 3.03. The molecule has 0 aliphatic carbocycles. The number of aliphatic carboxylic acids is 1. The zero-order chi connectivity index (χ0) is 19.6. The number of alkyl halides is 2. The molecule has 1 atom stereocenters. The van der Waals surface area contributed by atoms with Gasteiger partial charge in [0.15, 0.2) is 5.69 Å². The number of ether oxygens (including phenoxy) is 1. The number of carbonyl (C=O) groups excluding carboxylic acids is 1. The van der Waals surface area contributed by atoms with Crippen molar-refractivity contribution >= 4 is 11.9 Å². The van der Waals surface area contributed by atoms with Gasteiger partial charge in [0.2, 0.25) is 0 Å². The third-order valence-corrected chi connectivity index (χ3v) is 4.46. The number of aromatic nitrogens is 3. The standard InChI is InChI=1S/C17H18F2N4O4/c1-10-14(15(24)22-8-2-3-11(9-22)16(25)26)20-21-23(10)12-4-6-13(7-5-12)27-17(18)19/h4-7,11,17H,2-3,8-9H2,1H3,(H,25,26). The van der Waals surface area contributed by atoms with Crippen molar-refractivity contribution in [1.29, 1.82) is 0 Å². The van der Waals surface area contributed by atoms with Gasteiger partial charge in [0.05, 0.1) is 17.3 Å². The van der Waals surface area contributed by atoms with Crippen LogP contribution < -0.4 is 4.74 Å². The summed E-state index contributed by atoms with van der Waals surface area (Å²) in [6.07, 6.45) is 1.15. The van der Waals surface area contributed by atoms with Gasteiger partial charge in [-0.1, -0.05) is 5.21 Å². The van der Waals surface area contributed by atoms with Gasteiger partial charge < -0.3 is 14.7 Å². The molecule has 1 N–H and O–H groups in total. The summed E-state index contributed by atoms with van der Waals surface area (Å²) in [7, 11) is 0. The molecule has 0 saturated carbocycles. The van der Waals surface area contributed by atoms with Crippen LogP contribution in [0.4, 0.5) is 8.78 Å². The van der Waals surface area contributed by atoms with Gasteiger partial charge in [-0.3, -0.25) is 9.59 Å². The van der Waals surface area contributed by atoms with E-state index >= 15 is 0 Å². The van der Waals surface area contributed by atoms with Gasteiger partial charge in [0, 0.05) is 13.1 Å². The second-order valence-electron chi connectivity index (χ2n) is 6.24. The summed E-state index contributed by atoms with van der Waals surface area (Å²) in [4.78, 5) is 25.4. The topological polar surface area (TPSA) is 97.5 Å². The van der Waals surface area contributed by atoms with Gasteiger partial charge in [-0.05, 0) is 44.0 Å². The first-order valence-electron chi connectivity index (χ1n) is 8.36. The Balaban J connectivity index is 1.78. The predicted molar refractivity (Wildman–Crippen MR) is 89.0 cm³/mol. The Bertz CT molecular complexity index is 838. The van der Waals surface area contributed by atoms with E-state index in [1.54, 1.807) is 6.92 Å². The number of likely N-dealkylation sites (tertiary alicyclic amines) is 1. The summed E-state index contributed by atoms with van der Waals surface area (Å²) in [6, 6.07) is 5.78. The number of hydrogen-bond donors (Lipinski definition) is 1. The van der Waals surface area contributed by atoms with Crippen LogP contribution in [0.1, 0.15) is 29.0 Å². The predicted octanol–water partition coefficient (Wildman–Crippen LogP) is 2.11. The number of piperidine rings is 1. The van der Waals surface area contributed by atoms with Crippen molar-refractivity contribution in [3.8, 4) is 11.4 Å². The van der Waals surface area contributed by atoms with Crippen molar-refractivity contribution in [2.24, 2.45) is 5.92 Å². The summed E-state index contributed by atoms with van der Waals surface area (Å²) in [5, 5.41) is 17.1. The second-order valence-corrected chi connectivity index (χ2v) is 6.24. The molecule has 1 aromatic carbocycles. The maximum atomic E-state index is 12.7. The van der Waals surface area contributed by atoms with E-state index in [-0.39, 0.29) is 23.9 Å². The molecular weight excluding hydrogens is 362 g/mol. The van der Waals surface area contributed by atoms with Crippen LogP contribution in [-0.4, -0.2) is 56.6 Å². The van der Waals surface area contributed by atoms with E-state index in [2.05, 4.69) is 15.0 Å². The molecule has 1 amide bonds. The lowest BCUT2D eigenvalue weighted by atomic mass is 9.98. The highest BCUT2D eigenvalue weighted by Gasteiger charge is 2.31.